The fourth-order valence-electron chi connectivity index (χ4n) is 3.63. The SMILES string of the molecule is CC1(C)CC(=O)c2c(cc3n2Cc2ccccc2-3)C1. The summed E-state index contributed by atoms with van der Waals surface area (Å²) in [6, 6.07) is 10.7. The van der Waals surface area contributed by atoms with Crippen LogP contribution in [-0.4, -0.2) is 10.4 Å². The molecule has 2 heteroatoms. The van der Waals surface area contributed by atoms with Crippen LogP contribution in [0.25, 0.3) is 11.3 Å². The number of fused-ring (bicyclic) bond motifs is 5. The number of hydrogen-bond acceptors (Lipinski definition) is 1. The smallest absolute Gasteiger partial charge is 0.180 e. The molecule has 0 atom stereocenters. The minimum absolute atomic E-state index is 0.103. The molecule has 2 heterocycles. The van der Waals surface area contributed by atoms with Crippen molar-refractivity contribution < 1.29 is 4.79 Å². The number of carbonyl (C=O) groups is 1. The second-order valence-electron chi connectivity index (χ2n) is 6.59. The first-order chi connectivity index (χ1) is 9.05. The summed E-state index contributed by atoms with van der Waals surface area (Å²) in [6.45, 7) is 5.22. The predicted molar refractivity (Wildman–Crippen MR) is 75.4 cm³/mol. The third-order valence-electron chi connectivity index (χ3n) is 4.37. The van der Waals surface area contributed by atoms with Crippen molar-refractivity contribution in [3.05, 3.63) is 47.2 Å². The molecule has 1 aliphatic heterocycles. The van der Waals surface area contributed by atoms with Crippen molar-refractivity contribution in [2.75, 3.05) is 0 Å². The topological polar surface area (TPSA) is 22.0 Å². The summed E-state index contributed by atoms with van der Waals surface area (Å²) in [5, 5.41) is 0. The minimum Gasteiger partial charge on any atom is -0.333 e. The fourth-order valence-corrected chi connectivity index (χ4v) is 3.63. The lowest BCUT2D eigenvalue weighted by Gasteiger charge is -2.29. The molecule has 0 saturated carbocycles. The van der Waals surface area contributed by atoms with E-state index in [0.29, 0.717) is 12.2 Å². The molecule has 19 heavy (non-hydrogen) atoms. The summed E-state index contributed by atoms with van der Waals surface area (Å²) in [7, 11) is 0. The molecule has 0 fully saturated rings. The van der Waals surface area contributed by atoms with Gasteiger partial charge in [-0.3, -0.25) is 4.79 Å². The number of benzene rings is 1. The molecule has 0 unspecified atom stereocenters. The molecule has 1 aromatic heterocycles. The van der Waals surface area contributed by atoms with E-state index in [2.05, 4.69) is 48.7 Å². The van der Waals surface area contributed by atoms with Gasteiger partial charge in [-0.1, -0.05) is 38.1 Å². The lowest BCUT2D eigenvalue weighted by Crippen LogP contribution is -2.28. The molecule has 0 spiro atoms. The molecule has 0 saturated heterocycles. The molecule has 1 aliphatic carbocycles. The molecule has 0 amide bonds. The van der Waals surface area contributed by atoms with Gasteiger partial charge in [0.1, 0.15) is 0 Å². The van der Waals surface area contributed by atoms with Gasteiger partial charge in [0, 0.05) is 24.2 Å². The van der Waals surface area contributed by atoms with Crippen molar-refractivity contribution in [2.24, 2.45) is 5.41 Å². The Kier molecular flexibility index (Phi) is 1.96. The number of hydrogen-bond donors (Lipinski definition) is 0. The molecule has 2 nitrogen and oxygen atoms in total. The van der Waals surface area contributed by atoms with Crippen molar-refractivity contribution in [2.45, 2.75) is 33.2 Å². The Morgan fingerprint density at radius 3 is 2.74 bits per heavy atom. The quantitative estimate of drug-likeness (QED) is 0.597. The van der Waals surface area contributed by atoms with Crippen molar-refractivity contribution in [1.82, 2.24) is 4.57 Å². The molecule has 0 N–H and O–H groups in total. The van der Waals surface area contributed by atoms with E-state index in [4.69, 9.17) is 0 Å². The average molecular weight is 251 g/mol. The molecule has 4 rings (SSSR count). The van der Waals surface area contributed by atoms with E-state index in [1.807, 2.05) is 0 Å². The summed E-state index contributed by atoms with van der Waals surface area (Å²) in [6.07, 6.45) is 1.68. The van der Waals surface area contributed by atoms with Crippen LogP contribution in [0.1, 0.15) is 41.9 Å². The molecular weight excluding hydrogens is 234 g/mol. The summed E-state index contributed by atoms with van der Waals surface area (Å²) >= 11 is 0. The van der Waals surface area contributed by atoms with Crippen molar-refractivity contribution in [3.8, 4) is 11.3 Å². The Morgan fingerprint density at radius 2 is 1.89 bits per heavy atom. The van der Waals surface area contributed by atoms with Crippen LogP contribution in [0.5, 0.6) is 0 Å². The van der Waals surface area contributed by atoms with Crippen molar-refractivity contribution >= 4 is 5.78 Å². The van der Waals surface area contributed by atoms with Gasteiger partial charge in [-0.05, 0) is 29.0 Å². The monoisotopic (exact) mass is 251 g/mol. The number of rotatable bonds is 0. The molecular formula is C17H17NO. The average Bonchev–Trinajstić information content (AvgIpc) is 2.82. The summed E-state index contributed by atoms with van der Waals surface area (Å²) in [4.78, 5) is 12.5. The Balaban J connectivity index is 1.93. The van der Waals surface area contributed by atoms with Gasteiger partial charge in [-0.2, -0.15) is 0 Å². The Labute approximate surface area is 113 Å². The third-order valence-corrected chi connectivity index (χ3v) is 4.37. The van der Waals surface area contributed by atoms with E-state index in [1.54, 1.807) is 0 Å². The predicted octanol–water partition coefficient (Wildman–Crippen LogP) is 3.67. The zero-order valence-corrected chi connectivity index (χ0v) is 11.4. The van der Waals surface area contributed by atoms with Crippen LogP contribution in [0.4, 0.5) is 0 Å². The molecule has 0 radical (unpaired) electrons. The van der Waals surface area contributed by atoms with E-state index in [1.165, 1.54) is 22.4 Å². The third kappa shape index (κ3) is 1.46. The first-order valence-electron chi connectivity index (χ1n) is 6.89. The normalized spacial score (nSPS) is 18.9. The minimum atomic E-state index is 0.103. The number of carbonyl (C=O) groups excluding carboxylic acids is 1. The number of Topliss-reactive ketones (excluding diaryl/α,β-unsaturated/α-hetero) is 1. The van der Waals surface area contributed by atoms with E-state index in [0.717, 1.165) is 18.7 Å². The lowest BCUT2D eigenvalue weighted by molar-refractivity contribution is 0.0903. The Bertz CT molecular complexity index is 706. The lowest BCUT2D eigenvalue weighted by atomic mass is 9.76. The van der Waals surface area contributed by atoms with Gasteiger partial charge in [0.05, 0.1) is 5.69 Å². The van der Waals surface area contributed by atoms with Crippen molar-refractivity contribution in [1.29, 1.82) is 0 Å². The largest absolute Gasteiger partial charge is 0.333 e. The zero-order chi connectivity index (χ0) is 13.2. The van der Waals surface area contributed by atoms with Gasteiger partial charge < -0.3 is 4.57 Å². The van der Waals surface area contributed by atoms with Crippen LogP contribution in [0, 0.1) is 5.41 Å². The van der Waals surface area contributed by atoms with Gasteiger partial charge in [0.2, 0.25) is 0 Å². The highest BCUT2D eigenvalue weighted by molar-refractivity contribution is 5.99. The maximum Gasteiger partial charge on any atom is 0.180 e. The summed E-state index contributed by atoms with van der Waals surface area (Å²) in [5.41, 5.74) is 6.16. The molecule has 2 aliphatic rings. The van der Waals surface area contributed by atoms with Crippen LogP contribution >= 0.6 is 0 Å². The van der Waals surface area contributed by atoms with E-state index in [-0.39, 0.29) is 5.41 Å². The first kappa shape index (κ1) is 11.0. The second-order valence-corrected chi connectivity index (χ2v) is 6.59. The van der Waals surface area contributed by atoms with Gasteiger partial charge >= 0.3 is 0 Å². The Morgan fingerprint density at radius 1 is 1.11 bits per heavy atom. The molecule has 96 valence electrons. The number of nitrogens with zero attached hydrogens (tertiary/aromatic N) is 1. The summed E-state index contributed by atoms with van der Waals surface area (Å²) in [5.74, 6) is 0.310. The highest BCUT2D eigenvalue weighted by Crippen LogP contribution is 2.42. The van der Waals surface area contributed by atoms with Gasteiger partial charge in [0.15, 0.2) is 5.78 Å². The van der Waals surface area contributed by atoms with Crippen LogP contribution < -0.4 is 0 Å². The van der Waals surface area contributed by atoms with Crippen LogP contribution in [0.15, 0.2) is 30.3 Å². The second kappa shape index (κ2) is 3.38. The van der Waals surface area contributed by atoms with Gasteiger partial charge in [-0.25, -0.2) is 0 Å². The zero-order valence-electron chi connectivity index (χ0n) is 11.4. The first-order valence-corrected chi connectivity index (χ1v) is 6.89. The maximum atomic E-state index is 12.5. The Hall–Kier alpha value is -1.83. The van der Waals surface area contributed by atoms with E-state index < -0.39 is 0 Å². The molecule has 0 bridgehead atoms. The fraction of sp³-hybridized carbons (Fsp3) is 0.353. The van der Waals surface area contributed by atoms with Gasteiger partial charge in [-0.15, -0.1) is 0 Å². The standard InChI is InChI=1S/C17H17NO/c1-17(2)8-12-7-14-13-6-4-3-5-11(13)10-18(14)16(12)15(19)9-17/h3-7H,8-10H2,1-2H3. The number of aromatic nitrogens is 1. The van der Waals surface area contributed by atoms with E-state index >= 15 is 0 Å². The van der Waals surface area contributed by atoms with Gasteiger partial charge in [0.25, 0.3) is 0 Å². The van der Waals surface area contributed by atoms with Crippen LogP contribution in [0.2, 0.25) is 0 Å². The van der Waals surface area contributed by atoms with Crippen molar-refractivity contribution in [3.63, 3.8) is 0 Å². The van der Waals surface area contributed by atoms with E-state index in [9.17, 15) is 4.79 Å². The highest BCUT2D eigenvalue weighted by atomic mass is 16.1. The number of ketones is 1. The highest BCUT2D eigenvalue weighted by Gasteiger charge is 2.36. The summed E-state index contributed by atoms with van der Waals surface area (Å²) < 4.78 is 2.22. The maximum absolute atomic E-state index is 12.5. The van der Waals surface area contributed by atoms with Crippen LogP contribution in [0.3, 0.4) is 0 Å². The molecule has 2 aromatic rings. The van der Waals surface area contributed by atoms with Crippen LogP contribution in [-0.2, 0) is 13.0 Å². The molecule has 1 aromatic carbocycles.